The van der Waals surface area contributed by atoms with E-state index in [1.54, 1.807) is 6.20 Å². The third kappa shape index (κ3) is 3.09. The third-order valence-electron chi connectivity index (χ3n) is 3.34. The molecule has 7 heteroatoms. The summed E-state index contributed by atoms with van der Waals surface area (Å²) in [5.74, 6) is 6.67. The molecule has 0 aliphatic heterocycles. The Kier molecular flexibility index (Phi) is 4.73. The summed E-state index contributed by atoms with van der Waals surface area (Å²) in [4.78, 5) is 8.27. The van der Waals surface area contributed by atoms with E-state index in [1.165, 1.54) is 12.8 Å². The Morgan fingerprint density at radius 2 is 2.22 bits per heavy atom. The van der Waals surface area contributed by atoms with Gasteiger partial charge in [-0.25, -0.2) is 10.8 Å². The molecule has 0 spiro atoms. The highest BCUT2D eigenvalue weighted by molar-refractivity contribution is 9.10. The smallest absolute Gasteiger partial charge is 0.239 e. The van der Waals surface area contributed by atoms with Crippen molar-refractivity contribution < 1.29 is 5.11 Å². The van der Waals surface area contributed by atoms with Crippen LogP contribution in [0.15, 0.2) is 10.7 Å². The number of nitrogens with zero attached hydrogens (tertiary/aromatic N) is 2. The maximum atomic E-state index is 9.39. The SMILES string of the molecule is NNc1ncc(Br)c(NC2CCCCC2CO)n1. The Morgan fingerprint density at radius 1 is 1.44 bits per heavy atom. The zero-order chi connectivity index (χ0) is 13.0. The Hall–Kier alpha value is -0.920. The first-order valence-corrected chi connectivity index (χ1v) is 6.90. The predicted molar refractivity (Wildman–Crippen MR) is 74.0 cm³/mol. The highest BCUT2D eigenvalue weighted by Gasteiger charge is 2.25. The first kappa shape index (κ1) is 13.5. The molecule has 2 unspecified atom stereocenters. The van der Waals surface area contributed by atoms with Crippen LogP contribution in [0.25, 0.3) is 0 Å². The second-order valence-electron chi connectivity index (χ2n) is 4.51. The number of aliphatic hydroxyl groups is 1. The Balaban J connectivity index is 2.11. The van der Waals surface area contributed by atoms with E-state index in [0.717, 1.165) is 17.3 Å². The number of rotatable bonds is 4. The summed E-state index contributed by atoms with van der Waals surface area (Å²) in [6, 6.07) is 0.251. The molecular formula is C11H18BrN5O. The minimum absolute atomic E-state index is 0.211. The molecule has 1 aliphatic carbocycles. The van der Waals surface area contributed by atoms with Gasteiger partial charge in [-0.15, -0.1) is 0 Å². The van der Waals surface area contributed by atoms with Gasteiger partial charge < -0.3 is 10.4 Å². The van der Waals surface area contributed by atoms with Crippen LogP contribution in [-0.2, 0) is 0 Å². The summed E-state index contributed by atoms with van der Waals surface area (Å²) in [6.45, 7) is 0.211. The van der Waals surface area contributed by atoms with Crippen LogP contribution in [0.5, 0.6) is 0 Å². The van der Waals surface area contributed by atoms with Gasteiger partial charge >= 0.3 is 0 Å². The molecule has 1 aromatic heterocycles. The van der Waals surface area contributed by atoms with Gasteiger partial charge in [0.05, 0.1) is 4.47 Å². The molecule has 2 rings (SSSR count). The van der Waals surface area contributed by atoms with Gasteiger partial charge in [0.1, 0.15) is 5.82 Å². The molecule has 2 atom stereocenters. The number of aromatic nitrogens is 2. The summed E-state index contributed by atoms with van der Waals surface area (Å²) in [5, 5.41) is 12.8. The normalized spacial score (nSPS) is 23.7. The summed E-state index contributed by atoms with van der Waals surface area (Å²) >= 11 is 3.41. The molecule has 100 valence electrons. The van der Waals surface area contributed by atoms with Crippen LogP contribution in [0.1, 0.15) is 25.7 Å². The zero-order valence-corrected chi connectivity index (χ0v) is 11.7. The fourth-order valence-corrected chi connectivity index (χ4v) is 2.64. The quantitative estimate of drug-likeness (QED) is 0.496. The monoisotopic (exact) mass is 315 g/mol. The lowest BCUT2D eigenvalue weighted by Crippen LogP contribution is -2.34. The van der Waals surface area contributed by atoms with Crippen LogP contribution in [0, 0.1) is 5.92 Å². The standard InChI is InChI=1S/C11H18BrN5O/c12-8-5-14-11(17-13)16-10(8)15-9-4-2-1-3-7(9)6-18/h5,7,9,18H,1-4,6,13H2,(H2,14,15,16,17). The number of hydrazine groups is 1. The second-order valence-corrected chi connectivity index (χ2v) is 5.37. The van der Waals surface area contributed by atoms with Gasteiger partial charge in [-0.1, -0.05) is 12.8 Å². The van der Waals surface area contributed by atoms with Gasteiger partial charge in [0.15, 0.2) is 0 Å². The molecule has 0 amide bonds. The fraction of sp³-hybridized carbons (Fsp3) is 0.636. The van der Waals surface area contributed by atoms with Crippen molar-refractivity contribution in [3.63, 3.8) is 0 Å². The van der Waals surface area contributed by atoms with Gasteiger partial charge in [-0.3, -0.25) is 5.43 Å². The van der Waals surface area contributed by atoms with E-state index in [2.05, 4.69) is 36.6 Å². The number of aliphatic hydroxyl groups excluding tert-OH is 1. The maximum Gasteiger partial charge on any atom is 0.239 e. The molecule has 0 radical (unpaired) electrons. The minimum Gasteiger partial charge on any atom is -0.396 e. The highest BCUT2D eigenvalue weighted by Crippen LogP contribution is 2.29. The minimum atomic E-state index is 0.211. The van der Waals surface area contributed by atoms with Crippen molar-refractivity contribution in [2.24, 2.45) is 11.8 Å². The van der Waals surface area contributed by atoms with Crippen LogP contribution in [-0.4, -0.2) is 27.7 Å². The average Bonchev–Trinajstić information content (AvgIpc) is 2.42. The summed E-state index contributed by atoms with van der Waals surface area (Å²) in [5.41, 5.74) is 2.42. The van der Waals surface area contributed by atoms with Crippen LogP contribution in [0.2, 0.25) is 0 Å². The first-order chi connectivity index (χ1) is 8.74. The van der Waals surface area contributed by atoms with Crippen molar-refractivity contribution >= 4 is 27.7 Å². The molecule has 0 saturated heterocycles. The zero-order valence-electron chi connectivity index (χ0n) is 10.1. The highest BCUT2D eigenvalue weighted by atomic mass is 79.9. The Labute approximate surface area is 114 Å². The van der Waals surface area contributed by atoms with E-state index in [0.29, 0.717) is 11.8 Å². The number of nitrogens with one attached hydrogen (secondary N) is 2. The lowest BCUT2D eigenvalue weighted by atomic mass is 9.85. The molecule has 0 aromatic carbocycles. The summed E-state index contributed by atoms with van der Waals surface area (Å²) in [7, 11) is 0. The van der Waals surface area contributed by atoms with Crippen molar-refractivity contribution in [3.8, 4) is 0 Å². The largest absolute Gasteiger partial charge is 0.396 e. The average molecular weight is 316 g/mol. The lowest BCUT2D eigenvalue weighted by molar-refractivity contribution is 0.178. The van der Waals surface area contributed by atoms with Gasteiger partial charge in [-0.2, -0.15) is 4.98 Å². The molecular weight excluding hydrogens is 298 g/mol. The van der Waals surface area contributed by atoms with E-state index < -0.39 is 0 Å². The van der Waals surface area contributed by atoms with Gasteiger partial charge in [0, 0.05) is 24.8 Å². The van der Waals surface area contributed by atoms with Crippen LogP contribution < -0.4 is 16.6 Å². The second kappa shape index (κ2) is 6.31. The van der Waals surface area contributed by atoms with Crippen molar-refractivity contribution in [2.75, 3.05) is 17.3 Å². The van der Waals surface area contributed by atoms with Gasteiger partial charge in [-0.05, 0) is 28.8 Å². The number of halogens is 1. The van der Waals surface area contributed by atoms with E-state index in [4.69, 9.17) is 5.84 Å². The molecule has 1 fully saturated rings. The fourth-order valence-electron chi connectivity index (χ4n) is 2.33. The van der Waals surface area contributed by atoms with Crippen molar-refractivity contribution in [3.05, 3.63) is 10.7 Å². The molecule has 1 saturated carbocycles. The molecule has 18 heavy (non-hydrogen) atoms. The van der Waals surface area contributed by atoms with E-state index >= 15 is 0 Å². The number of hydrogen-bond acceptors (Lipinski definition) is 6. The number of nitrogens with two attached hydrogens (primary N) is 1. The van der Waals surface area contributed by atoms with E-state index in [9.17, 15) is 5.11 Å². The van der Waals surface area contributed by atoms with Crippen LogP contribution >= 0.6 is 15.9 Å². The predicted octanol–water partition coefficient (Wildman–Crippen LogP) is 1.49. The maximum absolute atomic E-state index is 9.39. The van der Waals surface area contributed by atoms with Crippen LogP contribution in [0.3, 0.4) is 0 Å². The Morgan fingerprint density at radius 3 is 2.94 bits per heavy atom. The van der Waals surface area contributed by atoms with Gasteiger partial charge in [0.2, 0.25) is 5.95 Å². The van der Waals surface area contributed by atoms with Crippen molar-refractivity contribution in [1.29, 1.82) is 0 Å². The van der Waals surface area contributed by atoms with Crippen molar-refractivity contribution in [1.82, 2.24) is 9.97 Å². The van der Waals surface area contributed by atoms with Crippen LogP contribution in [0.4, 0.5) is 11.8 Å². The molecule has 1 heterocycles. The molecule has 0 bridgehead atoms. The summed E-state index contributed by atoms with van der Waals surface area (Å²) in [6.07, 6.45) is 6.12. The molecule has 1 aliphatic rings. The molecule has 1 aromatic rings. The van der Waals surface area contributed by atoms with E-state index in [1.807, 2.05) is 0 Å². The van der Waals surface area contributed by atoms with E-state index in [-0.39, 0.29) is 18.6 Å². The topological polar surface area (TPSA) is 96.1 Å². The molecule has 6 nitrogen and oxygen atoms in total. The number of anilines is 2. The first-order valence-electron chi connectivity index (χ1n) is 6.11. The van der Waals surface area contributed by atoms with Crippen molar-refractivity contribution in [2.45, 2.75) is 31.7 Å². The third-order valence-corrected chi connectivity index (χ3v) is 3.92. The Bertz CT molecular complexity index is 403. The summed E-state index contributed by atoms with van der Waals surface area (Å²) < 4.78 is 0.795. The van der Waals surface area contributed by atoms with Gasteiger partial charge in [0.25, 0.3) is 0 Å². The lowest BCUT2D eigenvalue weighted by Gasteiger charge is -2.31. The molecule has 5 N–H and O–H groups in total. The number of hydrogen-bond donors (Lipinski definition) is 4. The number of nitrogen functional groups attached to an aromatic ring is 1.